The number of Topliss-reactive ketones (excluding diaryl/α,β-unsaturated/α-hetero) is 1. The molecule has 2 heteroatoms. The van der Waals surface area contributed by atoms with Gasteiger partial charge in [0, 0.05) is 6.42 Å². The van der Waals surface area contributed by atoms with E-state index in [-0.39, 0.29) is 5.78 Å². The highest BCUT2D eigenvalue weighted by Gasteiger charge is 2.02. The molecular formula is C12H18O2. The number of ether oxygens (including phenoxy) is 1. The lowest BCUT2D eigenvalue weighted by atomic mass is 10.1. The van der Waals surface area contributed by atoms with Gasteiger partial charge in [-0.3, -0.25) is 4.79 Å². The normalized spacial score (nSPS) is 11.0. The van der Waals surface area contributed by atoms with E-state index in [2.05, 4.69) is 6.58 Å². The third-order valence-corrected chi connectivity index (χ3v) is 1.71. The zero-order chi connectivity index (χ0) is 10.8. The van der Waals surface area contributed by atoms with E-state index in [4.69, 9.17) is 4.74 Å². The van der Waals surface area contributed by atoms with Crippen LogP contribution >= 0.6 is 0 Å². The van der Waals surface area contributed by atoms with Gasteiger partial charge >= 0.3 is 0 Å². The molecule has 0 heterocycles. The van der Waals surface area contributed by atoms with Crippen LogP contribution in [0.1, 0.15) is 26.2 Å². The van der Waals surface area contributed by atoms with Gasteiger partial charge in [0.2, 0.25) is 0 Å². The molecule has 0 aromatic rings. The van der Waals surface area contributed by atoms with Crippen LogP contribution in [0.4, 0.5) is 0 Å². The fraction of sp³-hybridized carbons (Fsp3) is 0.417. The molecule has 2 nitrogen and oxygen atoms in total. The van der Waals surface area contributed by atoms with E-state index in [0.717, 1.165) is 6.42 Å². The van der Waals surface area contributed by atoms with Gasteiger partial charge in [-0.15, -0.1) is 0 Å². The molecule has 0 rings (SSSR count). The predicted octanol–water partition coefficient (Wildman–Crippen LogP) is 3.02. The summed E-state index contributed by atoms with van der Waals surface area (Å²) in [6.07, 6.45) is 9.47. The van der Waals surface area contributed by atoms with Crippen LogP contribution < -0.4 is 0 Å². The minimum atomic E-state index is 0.168. The topological polar surface area (TPSA) is 26.3 Å². The lowest BCUT2D eigenvalue weighted by Gasteiger charge is -2.01. The van der Waals surface area contributed by atoms with Crippen molar-refractivity contribution in [1.29, 1.82) is 0 Å². The number of carbonyl (C=O) groups is 1. The Morgan fingerprint density at radius 3 is 2.71 bits per heavy atom. The minimum absolute atomic E-state index is 0.168. The van der Waals surface area contributed by atoms with Crippen LogP contribution in [-0.4, -0.2) is 12.9 Å². The summed E-state index contributed by atoms with van der Waals surface area (Å²) in [4.78, 5) is 11.3. The molecule has 0 N–H and O–H groups in total. The molecule has 0 saturated carbocycles. The molecule has 0 aliphatic rings. The molecule has 0 unspecified atom stereocenters. The van der Waals surface area contributed by atoms with E-state index in [1.807, 2.05) is 31.2 Å². The van der Waals surface area contributed by atoms with E-state index in [9.17, 15) is 4.79 Å². The van der Waals surface area contributed by atoms with Crippen LogP contribution in [0.15, 0.2) is 36.6 Å². The van der Waals surface area contributed by atoms with Crippen molar-refractivity contribution in [1.82, 2.24) is 0 Å². The number of rotatable bonds is 7. The van der Waals surface area contributed by atoms with Crippen molar-refractivity contribution in [3.05, 3.63) is 36.6 Å². The van der Waals surface area contributed by atoms with Crippen molar-refractivity contribution in [2.75, 3.05) is 7.11 Å². The molecule has 78 valence electrons. The molecule has 0 spiro atoms. The average molecular weight is 194 g/mol. The first-order chi connectivity index (χ1) is 6.70. The molecule has 0 fully saturated rings. The Morgan fingerprint density at radius 1 is 1.43 bits per heavy atom. The van der Waals surface area contributed by atoms with Crippen molar-refractivity contribution in [3.8, 4) is 0 Å². The summed E-state index contributed by atoms with van der Waals surface area (Å²) in [5.41, 5.74) is 0. The fourth-order valence-electron chi connectivity index (χ4n) is 0.911. The zero-order valence-electron chi connectivity index (χ0n) is 8.95. The third-order valence-electron chi connectivity index (χ3n) is 1.71. The van der Waals surface area contributed by atoms with E-state index in [1.54, 1.807) is 0 Å². The molecule has 0 amide bonds. The summed E-state index contributed by atoms with van der Waals surface area (Å²) < 4.78 is 4.82. The summed E-state index contributed by atoms with van der Waals surface area (Å²) in [5.74, 6) is 0.703. The Hall–Kier alpha value is -1.31. The molecular weight excluding hydrogens is 176 g/mol. The van der Waals surface area contributed by atoms with Crippen LogP contribution in [0, 0.1) is 0 Å². The molecule has 0 aromatic heterocycles. The fourth-order valence-corrected chi connectivity index (χ4v) is 0.911. The van der Waals surface area contributed by atoms with Gasteiger partial charge in [0.1, 0.15) is 5.78 Å². The largest absolute Gasteiger partial charge is 0.501 e. The van der Waals surface area contributed by atoms with Crippen LogP contribution in [0.5, 0.6) is 0 Å². The van der Waals surface area contributed by atoms with Gasteiger partial charge < -0.3 is 4.74 Å². The maximum Gasteiger partial charge on any atom is 0.140 e. The van der Waals surface area contributed by atoms with Crippen LogP contribution in [-0.2, 0) is 9.53 Å². The van der Waals surface area contributed by atoms with Crippen molar-refractivity contribution in [2.45, 2.75) is 26.2 Å². The third kappa shape index (κ3) is 7.35. The quantitative estimate of drug-likeness (QED) is 0.460. The Bertz CT molecular complexity index is 237. The van der Waals surface area contributed by atoms with Crippen molar-refractivity contribution in [2.24, 2.45) is 0 Å². The maximum atomic E-state index is 11.3. The Labute approximate surface area is 86.0 Å². The lowest BCUT2D eigenvalue weighted by molar-refractivity contribution is -0.118. The smallest absolute Gasteiger partial charge is 0.140 e. The van der Waals surface area contributed by atoms with Crippen LogP contribution in [0.25, 0.3) is 0 Å². The highest BCUT2D eigenvalue weighted by molar-refractivity contribution is 5.80. The molecule has 0 aromatic carbocycles. The van der Waals surface area contributed by atoms with Gasteiger partial charge in [0.05, 0.1) is 19.3 Å². The van der Waals surface area contributed by atoms with E-state index >= 15 is 0 Å². The first-order valence-corrected chi connectivity index (χ1v) is 4.72. The molecule has 0 aliphatic carbocycles. The second-order valence-corrected chi connectivity index (χ2v) is 2.95. The van der Waals surface area contributed by atoms with Crippen molar-refractivity contribution < 1.29 is 9.53 Å². The van der Waals surface area contributed by atoms with Gasteiger partial charge in [-0.1, -0.05) is 30.9 Å². The highest BCUT2D eigenvalue weighted by Crippen LogP contribution is 2.04. The first-order valence-electron chi connectivity index (χ1n) is 4.72. The predicted molar refractivity (Wildman–Crippen MR) is 59.0 cm³/mol. The molecule has 14 heavy (non-hydrogen) atoms. The number of methoxy groups -OCH3 is 1. The van der Waals surface area contributed by atoms with E-state index in [1.165, 1.54) is 7.11 Å². The second kappa shape index (κ2) is 8.30. The Kier molecular flexibility index (Phi) is 7.52. The average Bonchev–Trinajstić information content (AvgIpc) is 2.17. The van der Waals surface area contributed by atoms with Crippen LogP contribution in [0.2, 0.25) is 0 Å². The summed E-state index contributed by atoms with van der Waals surface area (Å²) >= 11 is 0. The van der Waals surface area contributed by atoms with Crippen molar-refractivity contribution in [3.63, 3.8) is 0 Å². The summed E-state index contributed by atoms with van der Waals surface area (Å²) in [5, 5.41) is 0. The number of hydrogen-bond donors (Lipinski definition) is 0. The zero-order valence-corrected chi connectivity index (χ0v) is 8.95. The molecule has 0 radical (unpaired) electrons. The monoisotopic (exact) mass is 194 g/mol. The number of hydrogen-bond acceptors (Lipinski definition) is 2. The lowest BCUT2D eigenvalue weighted by Crippen LogP contribution is -1.99. The number of carbonyl (C=O) groups excluding carboxylic acids is 1. The van der Waals surface area contributed by atoms with Crippen LogP contribution in [0.3, 0.4) is 0 Å². The van der Waals surface area contributed by atoms with E-state index < -0.39 is 0 Å². The first kappa shape index (κ1) is 12.7. The van der Waals surface area contributed by atoms with Gasteiger partial charge in [0.25, 0.3) is 0 Å². The number of ketones is 1. The Balaban J connectivity index is 3.59. The molecule has 0 saturated heterocycles. The molecule has 0 bridgehead atoms. The van der Waals surface area contributed by atoms with Gasteiger partial charge in [-0.2, -0.15) is 0 Å². The molecule has 0 aliphatic heterocycles. The summed E-state index contributed by atoms with van der Waals surface area (Å²) in [6, 6.07) is 0. The van der Waals surface area contributed by atoms with Gasteiger partial charge in [-0.25, -0.2) is 0 Å². The summed E-state index contributed by atoms with van der Waals surface area (Å²) in [6.45, 7) is 5.56. The summed E-state index contributed by atoms with van der Waals surface area (Å²) in [7, 11) is 1.53. The van der Waals surface area contributed by atoms with Crippen molar-refractivity contribution >= 4 is 5.78 Å². The van der Waals surface area contributed by atoms with Gasteiger partial charge in [0.15, 0.2) is 0 Å². The van der Waals surface area contributed by atoms with E-state index in [0.29, 0.717) is 18.6 Å². The Morgan fingerprint density at radius 2 is 2.14 bits per heavy atom. The number of allylic oxidation sites excluding steroid dienone is 5. The second-order valence-electron chi connectivity index (χ2n) is 2.95. The standard InChI is InChI=1S/C12H18O2/c1-4-5-6-7-8-9-12(13)10-11(2)14-3/h4-7H,2,8-10H2,1,3H3/b5-4+,7-6-. The van der Waals surface area contributed by atoms with Gasteiger partial charge in [-0.05, 0) is 13.3 Å². The molecule has 0 atom stereocenters. The minimum Gasteiger partial charge on any atom is -0.501 e. The maximum absolute atomic E-state index is 11.3. The SMILES string of the molecule is C=C(CC(=O)CC/C=C\C=C\C)OC. The highest BCUT2D eigenvalue weighted by atomic mass is 16.5.